The summed E-state index contributed by atoms with van der Waals surface area (Å²) in [5.41, 5.74) is 0. The second-order valence-corrected chi connectivity index (χ2v) is 12.1. The quantitative estimate of drug-likeness (QED) is 0.277. The number of rotatable bonds is 9. The molecule has 0 spiro atoms. The molecule has 0 saturated heterocycles. The molecule has 0 aliphatic rings. The molecule has 0 aliphatic heterocycles. The van der Waals surface area contributed by atoms with Gasteiger partial charge in [0.2, 0.25) is 0 Å². The van der Waals surface area contributed by atoms with Gasteiger partial charge in [-0.2, -0.15) is 0 Å². The molecule has 0 atom stereocenters. The highest BCUT2D eigenvalue weighted by atomic mass is 35.7. The minimum Gasteiger partial charge on any atom is -0.146 e. The van der Waals surface area contributed by atoms with Gasteiger partial charge in [-0.25, -0.2) is 0 Å². The lowest BCUT2D eigenvalue weighted by Crippen LogP contribution is -2.22. The molecular weight excluding hydrogens is 243 g/mol. The molecule has 0 aliphatic carbocycles. The summed E-state index contributed by atoms with van der Waals surface area (Å²) in [6.07, 6.45) is 7.58. The zero-order chi connectivity index (χ0) is 11.7. The minimum absolute atomic E-state index is 0.748. The normalized spacial score (nSPS) is 12.4. The number of hydrogen-bond donors (Lipinski definition) is 0. The Morgan fingerprint density at radius 1 is 0.933 bits per heavy atom. The monoisotopic (exact) mass is 268 g/mol. The Morgan fingerprint density at radius 2 is 1.53 bits per heavy atom. The summed E-state index contributed by atoms with van der Waals surface area (Å²) in [6.45, 7) is 4.80. The lowest BCUT2D eigenvalue weighted by Gasteiger charge is -2.21. The molecule has 0 heterocycles. The lowest BCUT2D eigenvalue weighted by atomic mass is 10.1. The van der Waals surface area contributed by atoms with Crippen molar-refractivity contribution in [3.8, 4) is 0 Å². The minimum atomic E-state index is -1.91. The summed E-state index contributed by atoms with van der Waals surface area (Å²) in [6, 6.07) is 2.18. The fraction of sp³-hybridized carbons (Fsp3) is 1.00. The van der Waals surface area contributed by atoms with E-state index in [1.54, 1.807) is 0 Å². The maximum Gasteiger partial charge on any atom is 0.251 e. The highest BCUT2D eigenvalue weighted by Gasteiger charge is 2.30. The highest BCUT2D eigenvalue weighted by molar-refractivity contribution is 7.45. The Morgan fingerprint density at radius 3 is 2.00 bits per heavy atom. The van der Waals surface area contributed by atoms with Crippen molar-refractivity contribution in [1.29, 1.82) is 0 Å². The Kier molecular flexibility index (Phi) is 9.37. The summed E-state index contributed by atoms with van der Waals surface area (Å²) < 4.78 is 0. The topological polar surface area (TPSA) is 0 Å². The van der Waals surface area contributed by atoms with E-state index in [1.807, 2.05) is 0 Å². The van der Waals surface area contributed by atoms with E-state index in [0.717, 1.165) is 18.0 Å². The third-order valence-electron chi connectivity index (χ3n) is 3.14. The largest absolute Gasteiger partial charge is 0.251 e. The van der Waals surface area contributed by atoms with Crippen LogP contribution in [-0.4, -0.2) is 6.69 Å². The Bertz CT molecular complexity index is 145. The lowest BCUT2D eigenvalue weighted by molar-refractivity contribution is 0.538. The molecule has 92 valence electrons. The van der Waals surface area contributed by atoms with Crippen LogP contribution in [0, 0.1) is 5.92 Å². The van der Waals surface area contributed by atoms with Crippen LogP contribution >= 0.6 is 22.2 Å². The summed E-state index contributed by atoms with van der Waals surface area (Å²) in [7, 11) is 0. The molecule has 0 fully saturated rings. The van der Waals surface area contributed by atoms with Gasteiger partial charge in [-0.05, 0) is 18.0 Å². The van der Waals surface area contributed by atoms with Gasteiger partial charge in [-0.1, -0.05) is 59.3 Å². The summed E-state index contributed by atoms with van der Waals surface area (Å²) in [5.74, 6) is 0.748. The molecule has 0 N–H and O–H groups in total. The molecule has 15 heavy (non-hydrogen) atoms. The Labute approximate surface area is 106 Å². The van der Waals surface area contributed by atoms with Crippen molar-refractivity contribution >= 4 is 28.9 Å². The van der Waals surface area contributed by atoms with Crippen molar-refractivity contribution < 1.29 is 0 Å². The highest BCUT2D eigenvalue weighted by Crippen LogP contribution is 2.33. The summed E-state index contributed by atoms with van der Waals surface area (Å²) in [4.78, 5) is 0. The molecule has 0 aromatic heterocycles. The smallest absolute Gasteiger partial charge is 0.146 e. The first kappa shape index (κ1) is 15.8. The number of unbranched alkanes of at least 4 members (excludes halogenated alkanes) is 3. The van der Waals surface area contributed by atoms with Crippen LogP contribution in [-0.2, 0) is 0 Å². The molecule has 0 nitrogen and oxygen atoms in total. The molecule has 0 radical (unpaired) electrons. The second-order valence-electron chi connectivity index (χ2n) is 4.55. The van der Waals surface area contributed by atoms with Crippen LogP contribution in [0.4, 0.5) is 0 Å². The van der Waals surface area contributed by atoms with Crippen molar-refractivity contribution in [3.63, 3.8) is 0 Å². The van der Waals surface area contributed by atoms with E-state index in [1.165, 1.54) is 38.5 Å². The van der Waals surface area contributed by atoms with E-state index in [9.17, 15) is 0 Å². The SMILES string of the molecule is CCCCCC[Si](Cl)(Cl)CC(CC)CC. The Hall–Kier alpha value is 0.797. The fourth-order valence-electron chi connectivity index (χ4n) is 1.91. The number of halogens is 2. The van der Waals surface area contributed by atoms with Crippen LogP contribution in [0.1, 0.15) is 59.3 Å². The van der Waals surface area contributed by atoms with E-state index in [0.29, 0.717) is 0 Å². The molecule has 0 amide bonds. The predicted molar refractivity (Wildman–Crippen MR) is 75.3 cm³/mol. The van der Waals surface area contributed by atoms with Crippen molar-refractivity contribution in [2.75, 3.05) is 0 Å². The summed E-state index contributed by atoms with van der Waals surface area (Å²) >= 11 is 12.9. The molecule has 0 unspecified atom stereocenters. The molecule has 3 heteroatoms. The van der Waals surface area contributed by atoms with Gasteiger partial charge < -0.3 is 0 Å². The van der Waals surface area contributed by atoms with Crippen LogP contribution in [0.3, 0.4) is 0 Å². The first-order valence-corrected chi connectivity index (χ1v) is 10.9. The van der Waals surface area contributed by atoms with E-state index in [-0.39, 0.29) is 0 Å². The van der Waals surface area contributed by atoms with E-state index in [4.69, 9.17) is 22.2 Å². The van der Waals surface area contributed by atoms with Gasteiger partial charge >= 0.3 is 0 Å². The third kappa shape index (κ3) is 8.59. The molecule has 0 rings (SSSR count). The summed E-state index contributed by atoms with van der Waals surface area (Å²) in [5, 5.41) is 0. The van der Waals surface area contributed by atoms with Gasteiger partial charge in [0.25, 0.3) is 6.69 Å². The zero-order valence-electron chi connectivity index (χ0n) is 10.5. The first-order chi connectivity index (χ1) is 7.05. The first-order valence-electron chi connectivity index (χ1n) is 6.43. The second kappa shape index (κ2) is 8.89. The van der Waals surface area contributed by atoms with Gasteiger partial charge in [0.1, 0.15) is 0 Å². The molecule has 0 saturated carbocycles. The van der Waals surface area contributed by atoms with Gasteiger partial charge in [0, 0.05) is 0 Å². The van der Waals surface area contributed by atoms with Crippen LogP contribution < -0.4 is 0 Å². The average molecular weight is 269 g/mol. The average Bonchev–Trinajstić information content (AvgIpc) is 2.21. The van der Waals surface area contributed by atoms with Crippen molar-refractivity contribution in [3.05, 3.63) is 0 Å². The van der Waals surface area contributed by atoms with Gasteiger partial charge in [-0.15, -0.1) is 22.2 Å². The molecule has 0 aromatic rings. The molecular formula is C12H26Cl2Si. The van der Waals surface area contributed by atoms with E-state index in [2.05, 4.69) is 20.8 Å². The van der Waals surface area contributed by atoms with Crippen LogP contribution in [0.15, 0.2) is 0 Å². The van der Waals surface area contributed by atoms with Crippen LogP contribution in [0.2, 0.25) is 12.1 Å². The van der Waals surface area contributed by atoms with E-state index < -0.39 is 6.69 Å². The van der Waals surface area contributed by atoms with Gasteiger partial charge in [0.05, 0.1) is 0 Å². The van der Waals surface area contributed by atoms with Crippen LogP contribution in [0.5, 0.6) is 0 Å². The maximum absolute atomic E-state index is 6.47. The molecule has 0 aromatic carbocycles. The third-order valence-corrected chi connectivity index (χ3v) is 7.46. The predicted octanol–water partition coefficient (Wildman–Crippen LogP) is 5.92. The van der Waals surface area contributed by atoms with E-state index >= 15 is 0 Å². The standard InChI is InChI=1S/C12H26Cl2Si/c1-4-7-8-9-10-15(13,14)11-12(5-2)6-3/h12H,4-11H2,1-3H3. The maximum atomic E-state index is 6.47. The zero-order valence-corrected chi connectivity index (χ0v) is 13.0. The van der Waals surface area contributed by atoms with Crippen molar-refractivity contribution in [2.45, 2.75) is 71.4 Å². The van der Waals surface area contributed by atoms with Gasteiger partial charge in [-0.3, -0.25) is 0 Å². The molecule has 0 bridgehead atoms. The van der Waals surface area contributed by atoms with Crippen molar-refractivity contribution in [1.82, 2.24) is 0 Å². The fourth-order valence-corrected chi connectivity index (χ4v) is 6.42. The van der Waals surface area contributed by atoms with Crippen LogP contribution in [0.25, 0.3) is 0 Å². The van der Waals surface area contributed by atoms with Gasteiger partial charge in [0.15, 0.2) is 0 Å². The van der Waals surface area contributed by atoms with Crippen molar-refractivity contribution in [2.24, 2.45) is 5.92 Å². The Balaban J connectivity index is 3.74. The number of hydrogen-bond acceptors (Lipinski definition) is 0.